The molecule has 3 rings (SSSR count). The zero-order chi connectivity index (χ0) is 14.9. The van der Waals surface area contributed by atoms with Gasteiger partial charge in [0.1, 0.15) is 0 Å². The van der Waals surface area contributed by atoms with Crippen LogP contribution in [0, 0.1) is 6.92 Å². The third kappa shape index (κ3) is 2.91. The van der Waals surface area contributed by atoms with Gasteiger partial charge in [-0.25, -0.2) is 13.1 Å². The molecule has 0 unspecified atom stereocenters. The third-order valence-electron chi connectivity index (χ3n) is 3.69. The Morgan fingerprint density at radius 1 is 1.33 bits per heavy atom. The number of nitrogens with zero attached hydrogens (tertiary/aromatic N) is 1. The fourth-order valence-electron chi connectivity index (χ4n) is 2.41. The third-order valence-corrected chi connectivity index (χ3v) is 5.08. The molecule has 0 aliphatic carbocycles. The van der Waals surface area contributed by atoms with Crippen LogP contribution in [0.5, 0.6) is 0 Å². The average Bonchev–Trinajstić information content (AvgIpc) is 2.94. The number of benzene rings is 1. The lowest BCUT2D eigenvalue weighted by atomic mass is 10.2. The number of hydrogen-bond acceptors (Lipinski definition) is 4. The molecule has 21 heavy (non-hydrogen) atoms. The highest BCUT2D eigenvalue weighted by Gasteiger charge is 2.18. The molecule has 2 heterocycles. The minimum atomic E-state index is -3.49. The van der Waals surface area contributed by atoms with Crippen molar-refractivity contribution in [3.63, 3.8) is 0 Å². The van der Waals surface area contributed by atoms with Gasteiger partial charge in [0.05, 0.1) is 4.90 Å². The van der Waals surface area contributed by atoms with Gasteiger partial charge in [0, 0.05) is 31.2 Å². The molecule has 0 radical (unpaired) electrons. The van der Waals surface area contributed by atoms with Gasteiger partial charge >= 0.3 is 0 Å². The van der Waals surface area contributed by atoms with E-state index in [2.05, 4.69) is 15.0 Å². The number of hydrogen-bond donors (Lipinski definition) is 2. The van der Waals surface area contributed by atoms with Gasteiger partial charge in [-0.05, 0) is 54.3 Å². The number of sulfonamides is 1. The summed E-state index contributed by atoms with van der Waals surface area (Å²) in [4.78, 5) is 4.32. The Hall–Kier alpha value is -1.92. The van der Waals surface area contributed by atoms with E-state index < -0.39 is 10.0 Å². The Bertz CT molecular complexity index is 772. The molecule has 5 nitrogen and oxygen atoms in total. The van der Waals surface area contributed by atoms with Crippen molar-refractivity contribution < 1.29 is 8.42 Å². The summed E-state index contributed by atoms with van der Waals surface area (Å²) in [5, 5.41) is 3.22. The van der Waals surface area contributed by atoms with Crippen LogP contribution in [0.2, 0.25) is 0 Å². The Labute approximate surface area is 124 Å². The van der Waals surface area contributed by atoms with Crippen molar-refractivity contribution in [1.29, 1.82) is 0 Å². The van der Waals surface area contributed by atoms with E-state index in [-0.39, 0.29) is 6.54 Å². The van der Waals surface area contributed by atoms with E-state index in [0.29, 0.717) is 4.90 Å². The van der Waals surface area contributed by atoms with Crippen LogP contribution in [0.4, 0.5) is 5.69 Å². The summed E-state index contributed by atoms with van der Waals surface area (Å²) >= 11 is 0. The smallest absolute Gasteiger partial charge is 0.240 e. The monoisotopic (exact) mass is 303 g/mol. The summed E-state index contributed by atoms with van der Waals surface area (Å²) < 4.78 is 27.4. The lowest BCUT2D eigenvalue weighted by Gasteiger charge is -2.09. The van der Waals surface area contributed by atoms with Crippen molar-refractivity contribution in [3.05, 3.63) is 53.3 Å². The van der Waals surface area contributed by atoms with E-state index in [1.807, 2.05) is 19.1 Å². The normalized spacial score (nSPS) is 13.8. The van der Waals surface area contributed by atoms with Crippen LogP contribution < -0.4 is 10.0 Å². The molecule has 110 valence electrons. The Kier molecular flexibility index (Phi) is 3.65. The predicted octanol–water partition coefficient (Wildman–Crippen LogP) is 1.84. The molecule has 2 aromatic rings. The Morgan fingerprint density at radius 2 is 2.19 bits per heavy atom. The highest BCUT2D eigenvalue weighted by atomic mass is 32.2. The molecule has 1 aliphatic heterocycles. The Morgan fingerprint density at radius 3 is 3.00 bits per heavy atom. The summed E-state index contributed by atoms with van der Waals surface area (Å²) in [5.74, 6) is 0. The van der Waals surface area contributed by atoms with Crippen LogP contribution in [-0.2, 0) is 23.0 Å². The fourth-order valence-corrected chi connectivity index (χ4v) is 3.46. The second-order valence-electron chi connectivity index (χ2n) is 5.12. The molecule has 0 saturated heterocycles. The SMILES string of the molecule is Cc1cnccc1CNS(=O)(=O)c1ccc2c(c1)CCN2. The van der Waals surface area contributed by atoms with Crippen LogP contribution >= 0.6 is 0 Å². The summed E-state index contributed by atoms with van der Waals surface area (Å²) in [6, 6.07) is 7.04. The molecular weight excluding hydrogens is 286 g/mol. The number of fused-ring (bicyclic) bond motifs is 1. The fraction of sp³-hybridized carbons (Fsp3) is 0.267. The summed E-state index contributed by atoms with van der Waals surface area (Å²) in [6.07, 6.45) is 4.25. The molecule has 0 spiro atoms. The van der Waals surface area contributed by atoms with Crippen LogP contribution in [0.3, 0.4) is 0 Å². The molecular formula is C15H17N3O2S. The van der Waals surface area contributed by atoms with E-state index >= 15 is 0 Å². The number of nitrogens with one attached hydrogen (secondary N) is 2. The molecule has 0 atom stereocenters. The molecule has 1 aromatic heterocycles. The van der Waals surface area contributed by atoms with Crippen molar-refractivity contribution in [2.45, 2.75) is 24.8 Å². The minimum absolute atomic E-state index is 0.270. The van der Waals surface area contributed by atoms with Gasteiger partial charge in [-0.1, -0.05) is 0 Å². The van der Waals surface area contributed by atoms with Crippen molar-refractivity contribution in [3.8, 4) is 0 Å². The average molecular weight is 303 g/mol. The molecule has 2 N–H and O–H groups in total. The quantitative estimate of drug-likeness (QED) is 0.904. The molecule has 0 amide bonds. The maximum atomic E-state index is 12.4. The summed E-state index contributed by atoms with van der Waals surface area (Å²) in [7, 11) is -3.49. The van der Waals surface area contributed by atoms with Gasteiger partial charge in [0.2, 0.25) is 10.0 Å². The van der Waals surface area contributed by atoms with Gasteiger partial charge < -0.3 is 5.32 Å². The second-order valence-corrected chi connectivity index (χ2v) is 6.89. The van der Waals surface area contributed by atoms with E-state index in [4.69, 9.17) is 0 Å². The van der Waals surface area contributed by atoms with Crippen molar-refractivity contribution >= 4 is 15.7 Å². The number of rotatable bonds is 4. The number of aryl methyl sites for hydroxylation is 1. The van der Waals surface area contributed by atoms with Crippen LogP contribution in [0.1, 0.15) is 16.7 Å². The van der Waals surface area contributed by atoms with Gasteiger partial charge in [-0.15, -0.1) is 0 Å². The predicted molar refractivity (Wildman–Crippen MR) is 81.6 cm³/mol. The summed E-state index contributed by atoms with van der Waals surface area (Å²) in [5.41, 5.74) is 3.98. The zero-order valence-corrected chi connectivity index (χ0v) is 12.6. The second kappa shape index (κ2) is 5.46. The van der Waals surface area contributed by atoms with E-state index in [1.54, 1.807) is 24.5 Å². The maximum absolute atomic E-state index is 12.4. The lowest BCUT2D eigenvalue weighted by Crippen LogP contribution is -2.23. The minimum Gasteiger partial charge on any atom is -0.384 e. The van der Waals surface area contributed by atoms with E-state index in [9.17, 15) is 8.42 Å². The first kappa shape index (κ1) is 14.0. The maximum Gasteiger partial charge on any atom is 0.240 e. The van der Waals surface area contributed by atoms with Gasteiger partial charge in [-0.2, -0.15) is 0 Å². The standard InChI is InChI=1S/C15H17N3O2S/c1-11-9-16-6-4-13(11)10-18-21(19,20)14-2-3-15-12(8-14)5-7-17-15/h2-4,6,8-9,17-18H,5,7,10H2,1H3. The molecule has 0 bridgehead atoms. The molecule has 0 fully saturated rings. The zero-order valence-electron chi connectivity index (χ0n) is 11.8. The lowest BCUT2D eigenvalue weighted by molar-refractivity contribution is 0.581. The molecule has 6 heteroatoms. The van der Waals surface area contributed by atoms with E-state index in [0.717, 1.165) is 35.3 Å². The van der Waals surface area contributed by atoms with Gasteiger partial charge in [0.25, 0.3) is 0 Å². The Balaban J connectivity index is 1.80. The molecule has 1 aliphatic rings. The van der Waals surface area contributed by atoms with Crippen molar-refractivity contribution in [2.24, 2.45) is 0 Å². The largest absolute Gasteiger partial charge is 0.384 e. The number of anilines is 1. The van der Waals surface area contributed by atoms with Gasteiger partial charge in [-0.3, -0.25) is 4.98 Å². The highest BCUT2D eigenvalue weighted by molar-refractivity contribution is 7.89. The topological polar surface area (TPSA) is 71.1 Å². The first-order valence-corrected chi connectivity index (χ1v) is 8.30. The number of pyridine rings is 1. The summed E-state index contributed by atoms with van der Waals surface area (Å²) in [6.45, 7) is 3.05. The van der Waals surface area contributed by atoms with Gasteiger partial charge in [0.15, 0.2) is 0 Å². The molecule has 1 aromatic carbocycles. The van der Waals surface area contributed by atoms with Crippen molar-refractivity contribution in [2.75, 3.05) is 11.9 Å². The molecule has 0 saturated carbocycles. The van der Waals surface area contributed by atoms with Crippen LogP contribution in [0.25, 0.3) is 0 Å². The van der Waals surface area contributed by atoms with E-state index in [1.165, 1.54) is 0 Å². The highest BCUT2D eigenvalue weighted by Crippen LogP contribution is 2.25. The van der Waals surface area contributed by atoms with Crippen LogP contribution in [0.15, 0.2) is 41.6 Å². The first-order valence-electron chi connectivity index (χ1n) is 6.82. The van der Waals surface area contributed by atoms with Crippen molar-refractivity contribution in [1.82, 2.24) is 9.71 Å². The number of aromatic nitrogens is 1. The first-order chi connectivity index (χ1) is 10.1. The van der Waals surface area contributed by atoms with Crippen LogP contribution in [-0.4, -0.2) is 19.9 Å².